The molecule has 4 rings (SSSR count). The lowest BCUT2D eigenvalue weighted by Crippen LogP contribution is -2.32. The van der Waals surface area contributed by atoms with Crippen molar-refractivity contribution in [2.24, 2.45) is 0 Å². The summed E-state index contributed by atoms with van der Waals surface area (Å²) in [6, 6.07) is 19.4. The second-order valence-corrected chi connectivity index (χ2v) is 7.88. The highest BCUT2D eigenvalue weighted by molar-refractivity contribution is 7.99. The van der Waals surface area contributed by atoms with Gasteiger partial charge in [-0.3, -0.25) is 24.3 Å². The molecule has 0 aliphatic rings. The molecule has 8 heteroatoms. The molecule has 0 spiro atoms. The number of aromatic nitrogens is 2. The van der Waals surface area contributed by atoms with Gasteiger partial charge in [0.15, 0.2) is 5.16 Å². The summed E-state index contributed by atoms with van der Waals surface area (Å²) in [5.41, 5.74) is 0.886. The number of para-hydroxylation sites is 1. The highest BCUT2D eigenvalue weighted by Gasteiger charge is 2.16. The summed E-state index contributed by atoms with van der Waals surface area (Å²) < 4.78 is 1.49. The van der Waals surface area contributed by atoms with E-state index in [0.29, 0.717) is 26.6 Å². The zero-order valence-electron chi connectivity index (χ0n) is 15.1. The fourth-order valence-corrected chi connectivity index (χ4v) is 4.37. The van der Waals surface area contributed by atoms with E-state index in [9.17, 15) is 14.4 Å². The van der Waals surface area contributed by atoms with Gasteiger partial charge in [0, 0.05) is 5.56 Å². The molecule has 0 bridgehead atoms. The standard InChI is InChI=1S/C21H15N3O3S2/c25-17(22-18(26)14-7-3-1-4-8-14)13-29-21-23-19-16(11-12-28-19)20(27)24(21)15-9-5-2-6-10-15/h1-12H,13H2,(H,22,25,26). The van der Waals surface area contributed by atoms with Crippen molar-refractivity contribution >= 4 is 45.1 Å². The van der Waals surface area contributed by atoms with E-state index < -0.39 is 11.8 Å². The van der Waals surface area contributed by atoms with Gasteiger partial charge < -0.3 is 0 Å². The van der Waals surface area contributed by atoms with Crippen LogP contribution in [0.4, 0.5) is 0 Å². The molecule has 0 unspecified atom stereocenters. The van der Waals surface area contributed by atoms with Gasteiger partial charge in [0.25, 0.3) is 11.5 Å². The average Bonchev–Trinajstić information content (AvgIpc) is 3.22. The van der Waals surface area contributed by atoms with Gasteiger partial charge in [-0.15, -0.1) is 11.3 Å². The lowest BCUT2D eigenvalue weighted by atomic mass is 10.2. The highest BCUT2D eigenvalue weighted by atomic mass is 32.2. The maximum Gasteiger partial charge on any atom is 0.267 e. The fourth-order valence-electron chi connectivity index (χ4n) is 2.75. The molecule has 0 aliphatic heterocycles. The quantitative estimate of drug-likeness (QED) is 0.394. The van der Waals surface area contributed by atoms with Crippen molar-refractivity contribution in [2.75, 3.05) is 5.75 Å². The van der Waals surface area contributed by atoms with E-state index >= 15 is 0 Å². The Kier molecular flexibility index (Phi) is 5.55. The van der Waals surface area contributed by atoms with E-state index in [4.69, 9.17) is 0 Å². The van der Waals surface area contributed by atoms with E-state index in [1.807, 2.05) is 35.7 Å². The van der Waals surface area contributed by atoms with Crippen LogP contribution in [0.1, 0.15) is 10.4 Å². The first-order valence-corrected chi connectivity index (χ1v) is 10.6. The van der Waals surface area contributed by atoms with Gasteiger partial charge in [0.05, 0.1) is 16.8 Å². The number of amides is 2. The van der Waals surface area contributed by atoms with Crippen LogP contribution in [0.2, 0.25) is 0 Å². The van der Waals surface area contributed by atoms with Crippen LogP contribution in [-0.2, 0) is 4.79 Å². The second kappa shape index (κ2) is 8.42. The van der Waals surface area contributed by atoms with E-state index in [1.165, 1.54) is 15.9 Å². The Labute approximate surface area is 174 Å². The number of imide groups is 1. The third-order valence-electron chi connectivity index (χ3n) is 4.10. The highest BCUT2D eigenvalue weighted by Crippen LogP contribution is 2.23. The van der Waals surface area contributed by atoms with E-state index in [1.54, 1.807) is 36.4 Å². The first kappa shape index (κ1) is 19.1. The number of rotatable bonds is 5. The summed E-state index contributed by atoms with van der Waals surface area (Å²) in [5, 5.41) is 5.11. The van der Waals surface area contributed by atoms with Crippen molar-refractivity contribution in [1.29, 1.82) is 0 Å². The predicted octanol–water partition coefficient (Wildman–Crippen LogP) is 3.50. The van der Waals surface area contributed by atoms with Crippen molar-refractivity contribution in [3.63, 3.8) is 0 Å². The van der Waals surface area contributed by atoms with Crippen molar-refractivity contribution < 1.29 is 9.59 Å². The zero-order chi connectivity index (χ0) is 20.2. The van der Waals surface area contributed by atoms with Gasteiger partial charge in [-0.1, -0.05) is 48.2 Å². The van der Waals surface area contributed by atoms with Crippen LogP contribution in [0, 0.1) is 0 Å². The van der Waals surface area contributed by atoms with E-state index in [0.717, 1.165) is 11.8 Å². The van der Waals surface area contributed by atoms with Gasteiger partial charge in [0.2, 0.25) is 5.91 Å². The number of hydrogen-bond acceptors (Lipinski definition) is 6. The first-order valence-electron chi connectivity index (χ1n) is 8.71. The summed E-state index contributed by atoms with van der Waals surface area (Å²) in [6.07, 6.45) is 0. The van der Waals surface area contributed by atoms with Crippen LogP contribution < -0.4 is 10.9 Å². The molecule has 29 heavy (non-hydrogen) atoms. The maximum atomic E-state index is 13.0. The molecule has 0 saturated carbocycles. The first-order chi connectivity index (χ1) is 14.1. The molecule has 0 fully saturated rings. The van der Waals surface area contributed by atoms with Crippen LogP contribution in [0.3, 0.4) is 0 Å². The van der Waals surface area contributed by atoms with E-state index in [-0.39, 0.29) is 11.3 Å². The van der Waals surface area contributed by atoms with Crippen molar-refractivity contribution in [1.82, 2.24) is 14.9 Å². The Morgan fingerprint density at radius 2 is 1.69 bits per heavy atom. The average molecular weight is 422 g/mol. The minimum atomic E-state index is -0.460. The topological polar surface area (TPSA) is 81.1 Å². The SMILES string of the molecule is O=C(CSc1nc2sccc2c(=O)n1-c1ccccc1)NC(=O)c1ccccc1. The summed E-state index contributed by atoms with van der Waals surface area (Å²) in [5.74, 6) is -0.961. The Morgan fingerprint density at radius 3 is 2.41 bits per heavy atom. The smallest absolute Gasteiger partial charge is 0.267 e. The zero-order valence-corrected chi connectivity index (χ0v) is 16.7. The third-order valence-corrected chi connectivity index (χ3v) is 5.85. The predicted molar refractivity (Wildman–Crippen MR) is 115 cm³/mol. The second-order valence-electron chi connectivity index (χ2n) is 6.04. The third kappa shape index (κ3) is 4.13. The molecule has 2 aromatic carbocycles. The minimum absolute atomic E-state index is 0.0469. The van der Waals surface area contributed by atoms with Gasteiger partial charge in [0.1, 0.15) is 4.83 Å². The number of fused-ring (bicyclic) bond motifs is 1. The van der Waals surface area contributed by atoms with Crippen LogP contribution in [-0.4, -0.2) is 27.1 Å². The van der Waals surface area contributed by atoms with E-state index in [2.05, 4.69) is 10.3 Å². The number of benzene rings is 2. The molecule has 2 heterocycles. The van der Waals surface area contributed by atoms with Crippen molar-refractivity contribution in [3.8, 4) is 5.69 Å². The lowest BCUT2D eigenvalue weighted by molar-refractivity contribution is -0.117. The molecular weight excluding hydrogens is 406 g/mol. The van der Waals surface area contributed by atoms with Crippen LogP contribution in [0.25, 0.3) is 15.9 Å². The number of thiophene rings is 1. The number of thioether (sulfide) groups is 1. The lowest BCUT2D eigenvalue weighted by Gasteiger charge is -2.12. The Morgan fingerprint density at radius 1 is 1.00 bits per heavy atom. The molecule has 0 radical (unpaired) electrons. The minimum Gasteiger partial charge on any atom is -0.292 e. The molecule has 0 aliphatic carbocycles. The Hall–Kier alpha value is -3.23. The molecular formula is C21H15N3O3S2. The maximum absolute atomic E-state index is 13.0. The van der Waals surface area contributed by atoms with Crippen LogP contribution in [0.5, 0.6) is 0 Å². The monoisotopic (exact) mass is 421 g/mol. The van der Waals surface area contributed by atoms with Gasteiger partial charge in [-0.05, 0) is 35.7 Å². The molecule has 144 valence electrons. The Bertz CT molecular complexity index is 1230. The van der Waals surface area contributed by atoms with Gasteiger partial charge in [-0.2, -0.15) is 0 Å². The van der Waals surface area contributed by atoms with Gasteiger partial charge in [-0.25, -0.2) is 4.98 Å². The number of nitrogens with one attached hydrogen (secondary N) is 1. The fraction of sp³-hybridized carbons (Fsp3) is 0.0476. The van der Waals surface area contributed by atoms with Crippen molar-refractivity contribution in [3.05, 3.63) is 88.0 Å². The van der Waals surface area contributed by atoms with Crippen LogP contribution in [0.15, 0.2) is 82.1 Å². The number of hydrogen-bond donors (Lipinski definition) is 1. The summed E-state index contributed by atoms with van der Waals surface area (Å²) in [6.45, 7) is 0. The summed E-state index contributed by atoms with van der Waals surface area (Å²) in [4.78, 5) is 42.6. The van der Waals surface area contributed by atoms with Crippen LogP contribution >= 0.6 is 23.1 Å². The molecule has 2 amide bonds. The normalized spacial score (nSPS) is 10.8. The number of carbonyl (C=O) groups is 2. The molecule has 2 aromatic heterocycles. The summed E-state index contributed by atoms with van der Waals surface area (Å²) >= 11 is 2.48. The molecule has 0 atom stereocenters. The summed E-state index contributed by atoms with van der Waals surface area (Å²) in [7, 11) is 0. The number of nitrogens with zero attached hydrogens (tertiary/aromatic N) is 2. The molecule has 0 saturated heterocycles. The molecule has 6 nitrogen and oxygen atoms in total. The number of carbonyl (C=O) groups excluding carboxylic acids is 2. The van der Waals surface area contributed by atoms with Crippen molar-refractivity contribution in [2.45, 2.75) is 5.16 Å². The Balaban J connectivity index is 1.58. The molecule has 4 aromatic rings. The van der Waals surface area contributed by atoms with Gasteiger partial charge >= 0.3 is 0 Å². The molecule has 1 N–H and O–H groups in total. The largest absolute Gasteiger partial charge is 0.292 e.